The van der Waals surface area contributed by atoms with Crippen molar-refractivity contribution in [2.24, 2.45) is 0 Å². The first kappa shape index (κ1) is 14.4. The lowest BCUT2D eigenvalue weighted by Gasteiger charge is -2.12. The molecule has 0 saturated carbocycles. The number of rotatable bonds is 6. The molecule has 0 spiro atoms. The van der Waals surface area contributed by atoms with E-state index in [4.69, 9.17) is 11.6 Å². The minimum atomic E-state index is -0.0293. The average molecular weight is 284 g/mol. The lowest BCUT2D eigenvalue weighted by Crippen LogP contribution is -2.31. The molecule has 1 aromatic rings. The van der Waals surface area contributed by atoms with Crippen LogP contribution in [0, 0.1) is 0 Å². The van der Waals surface area contributed by atoms with Crippen molar-refractivity contribution in [3.8, 4) is 0 Å². The van der Waals surface area contributed by atoms with Crippen LogP contribution < -0.4 is 10.6 Å². The quantitative estimate of drug-likeness (QED) is 0.842. The Morgan fingerprint density at radius 3 is 3.16 bits per heavy atom. The van der Waals surface area contributed by atoms with Gasteiger partial charge < -0.3 is 15.2 Å². The molecular formula is C14H22ClN3O. The molecule has 0 bridgehead atoms. The number of hydrogen-bond donors (Lipinski definition) is 2. The summed E-state index contributed by atoms with van der Waals surface area (Å²) in [5.41, 5.74) is 0.659. The van der Waals surface area contributed by atoms with E-state index < -0.39 is 0 Å². The molecule has 1 fully saturated rings. The minimum absolute atomic E-state index is 0.0293. The van der Waals surface area contributed by atoms with E-state index in [1.54, 1.807) is 6.07 Å². The van der Waals surface area contributed by atoms with E-state index >= 15 is 0 Å². The fourth-order valence-electron chi connectivity index (χ4n) is 2.54. The van der Waals surface area contributed by atoms with Crippen LogP contribution in [0.2, 0.25) is 5.02 Å². The van der Waals surface area contributed by atoms with Crippen LogP contribution in [0.15, 0.2) is 12.3 Å². The van der Waals surface area contributed by atoms with Crippen LogP contribution in [0.25, 0.3) is 0 Å². The molecule has 2 heterocycles. The summed E-state index contributed by atoms with van der Waals surface area (Å²) < 4.78 is 1.92. The van der Waals surface area contributed by atoms with Crippen LogP contribution in [-0.2, 0) is 6.54 Å². The molecule has 1 atom stereocenters. The van der Waals surface area contributed by atoms with Crippen molar-refractivity contribution in [1.82, 2.24) is 15.2 Å². The Morgan fingerprint density at radius 2 is 2.47 bits per heavy atom. The van der Waals surface area contributed by atoms with E-state index in [1.807, 2.05) is 10.8 Å². The lowest BCUT2D eigenvalue weighted by atomic mass is 10.1. The molecule has 0 radical (unpaired) electrons. The maximum absolute atomic E-state index is 12.1. The van der Waals surface area contributed by atoms with Crippen LogP contribution in [0.5, 0.6) is 0 Å². The maximum Gasteiger partial charge on any atom is 0.267 e. The van der Waals surface area contributed by atoms with Gasteiger partial charge in [0.2, 0.25) is 0 Å². The van der Waals surface area contributed by atoms with Gasteiger partial charge in [0.05, 0.1) is 5.02 Å². The zero-order valence-corrected chi connectivity index (χ0v) is 12.2. The molecule has 5 heteroatoms. The predicted molar refractivity (Wildman–Crippen MR) is 77.7 cm³/mol. The highest BCUT2D eigenvalue weighted by Crippen LogP contribution is 2.15. The van der Waals surface area contributed by atoms with Gasteiger partial charge in [-0.25, -0.2) is 0 Å². The third-order valence-electron chi connectivity index (χ3n) is 3.50. The molecular weight excluding hydrogens is 262 g/mol. The lowest BCUT2D eigenvalue weighted by molar-refractivity contribution is 0.0943. The first-order valence-electron chi connectivity index (χ1n) is 7.08. The summed E-state index contributed by atoms with van der Waals surface area (Å²) in [6, 6.07) is 2.30. The van der Waals surface area contributed by atoms with Gasteiger partial charge in [0.15, 0.2) is 0 Å². The monoisotopic (exact) mass is 283 g/mol. The minimum Gasteiger partial charge on any atom is -0.351 e. The van der Waals surface area contributed by atoms with E-state index in [-0.39, 0.29) is 5.91 Å². The van der Waals surface area contributed by atoms with Gasteiger partial charge in [-0.1, -0.05) is 18.5 Å². The highest BCUT2D eigenvalue weighted by Gasteiger charge is 2.15. The second-order valence-corrected chi connectivity index (χ2v) is 5.51. The Labute approximate surface area is 119 Å². The topological polar surface area (TPSA) is 46.1 Å². The van der Waals surface area contributed by atoms with Gasteiger partial charge >= 0.3 is 0 Å². The molecule has 1 aliphatic rings. The standard InChI is InChI=1S/C14H22ClN3O/c1-2-8-18-10-11(15)9-13(18)14(19)17-7-5-12-4-3-6-16-12/h9-10,12,16H,2-8H2,1H3,(H,17,19). The number of carbonyl (C=O) groups is 1. The van der Waals surface area contributed by atoms with Crippen molar-refractivity contribution in [3.63, 3.8) is 0 Å². The second-order valence-electron chi connectivity index (χ2n) is 5.07. The third kappa shape index (κ3) is 3.98. The Kier molecular flexibility index (Phi) is 5.28. The number of carbonyl (C=O) groups excluding carboxylic acids is 1. The van der Waals surface area contributed by atoms with Gasteiger partial charge in [-0.2, -0.15) is 0 Å². The molecule has 2 N–H and O–H groups in total. The van der Waals surface area contributed by atoms with Crippen molar-refractivity contribution in [2.75, 3.05) is 13.1 Å². The van der Waals surface area contributed by atoms with Gasteiger partial charge in [-0.05, 0) is 38.3 Å². The zero-order chi connectivity index (χ0) is 13.7. The summed E-state index contributed by atoms with van der Waals surface area (Å²) in [6.07, 6.45) is 6.26. The van der Waals surface area contributed by atoms with Gasteiger partial charge in [0.1, 0.15) is 5.69 Å². The molecule has 1 unspecified atom stereocenters. The number of aryl methyl sites for hydroxylation is 1. The Bertz CT molecular complexity index is 424. The van der Waals surface area contributed by atoms with Crippen LogP contribution in [0.4, 0.5) is 0 Å². The summed E-state index contributed by atoms with van der Waals surface area (Å²) in [4.78, 5) is 12.1. The molecule has 4 nitrogen and oxygen atoms in total. The van der Waals surface area contributed by atoms with E-state index in [1.165, 1.54) is 12.8 Å². The second kappa shape index (κ2) is 6.96. The molecule has 2 rings (SSSR count). The van der Waals surface area contributed by atoms with E-state index in [2.05, 4.69) is 17.6 Å². The molecule has 19 heavy (non-hydrogen) atoms. The number of amides is 1. The number of aromatic nitrogens is 1. The number of nitrogens with one attached hydrogen (secondary N) is 2. The van der Waals surface area contributed by atoms with Crippen molar-refractivity contribution in [1.29, 1.82) is 0 Å². The molecule has 1 aliphatic heterocycles. The van der Waals surface area contributed by atoms with Crippen LogP contribution in [0.3, 0.4) is 0 Å². The summed E-state index contributed by atoms with van der Waals surface area (Å²) in [6.45, 7) is 4.72. The first-order valence-corrected chi connectivity index (χ1v) is 7.45. The molecule has 1 aromatic heterocycles. The SMILES string of the molecule is CCCn1cc(Cl)cc1C(=O)NCCC1CCCN1. The van der Waals surface area contributed by atoms with E-state index in [0.717, 1.165) is 25.9 Å². The average Bonchev–Trinajstić information content (AvgIpc) is 2.99. The van der Waals surface area contributed by atoms with Gasteiger partial charge in [0, 0.05) is 25.3 Å². The number of nitrogens with zero attached hydrogens (tertiary/aromatic N) is 1. The largest absolute Gasteiger partial charge is 0.351 e. The molecule has 106 valence electrons. The fraction of sp³-hybridized carbons (Fsp3) is 0.643. The van der Waals surface area contributed by atoms with Crippen LogP contribution in [-0.4, -0.2) is 29.6 Å². The summed E-state index contributed by atoms with van der Waals surface area (Å²) in [7, 11) is 0. The smallest absolute Gasteiger partial charge is 0.267 e. The summed E-state index contributed by atoms with van der Waals surface area (Å²) >= 11 is 5.97. The van der Waals surface area contributed by atoms with Gasteiger partial charge in [0.25, 0.3) is 5.91 Å². The van der Waals surface area contributed by atoms with Crippen molar-refractivity contribution < 1.29 is 4.79 Å². The highest BCUT2D eigenvalue weighted by molar-refractivity contribution is 6.31. The fourth-order valence-corrected chi connectivity index (χ4v) is 2.77. The van der Waals surface area contributed by atoms with Gasteiger partial charge in [-0.15, -0.1) is 0 Å². The number of hydrogen-bond acceptors (Lipinski definition) is 2. The van der Waals surface area contributed by atoms with Crippen molar-refractivity contribution in [2.45, 2.75) is 45.2 Å². The number of halogens is 1. The Balaban J connectivity index is 1.84. The van der Waals surface area contributed by atoms with Crippen molar-refractivity contribution >= 4 is 17.5 Å². The molecule has 1 amide bonds. The van der Waals surface area contributed by atoms with Crippen LogP contribution >= 0.6 is 11.6 Å². The molecule has 1 saturated heterocycles. The normalized spacial score (nSPS) is 18.7. The predicted octanol–water partition coefficient (Wildman–Crippen LogP) is 2.42. The summed E-state index contributed by atoms with van der Waals surface area (Å²) in [5, 5.41) is 7.03. The Morgan fingerprint density at radius 1 is 1.63 bits per heavy atom. The van der Waals surface area contributed by atoms with E-state index in [9.17, 15) is 4.79 Å². The molecule has 0 aromatic carbocycles. The van der Waals surface area contributed by atoms with E-state index in [0.29, 0.717) is 23.3 Å². The molecule has 0 aliphatic carbocycles. The third-order valence-corrected chi connectivity index (χ3v) is 3.71. The summed E-state index contributed by atoms with van der Waals surface area (Å²) in [5.74, 6) is -0.0293. The Hall–Kier alpha value is -1.00. The first-order chi connectivity index (χ1) is 9.20. The highest BCUT2D eigenvalue weighted by atomic mass is 35.5. The maximum atomic E-state index is 12.1. The zero-order valence-electron chi connectivity index (χ0n) is 11.4. The van der Waals surface area contributed by atoms with Crippen LogP contribution in [0.1, 0.15) is 43.1 Å². The van der Waals surface area contributed by atoms with Gasteiger partial charge in [-0.3, -0.25) is 4.79 Å². The van der Waals surface area contributed by atoms with Crippen molar-refractivity contribution in [3.05, 3.63) is 23.0 Å².